The highest BCUT2D eigenvalue weighted by Gasteiger charge is 2.39. The number of hydrogen-bond donors (Lipinski definition) is 0. The summed E-state index contributed by atoms with van der Waals surface area (Å²) in [6.45, 7) is 18.9. The number of allylic oxidation sites excluding steroid dienone is 1. The molecule has 0 fully saturated rings. The lowest BCUT2D eigenvalue weighted by molar-refractivity contribution is -0.114. The van der Waals surface area contributed by atoms with Crippen LogP contribution in [0.3, 0.4) is 0 Å². The third kappa shape index (κ3) is 4.07. The predicted molar refractivity (Wildman–Crippen MR) is 93.0 cm³/mol. The van der Waals surface area contributed by atoms with Crippen LogP contribution < -0.4 is 0 Å². The first-order valence-electron chi connectivity index (χ1n) is 8.22. The molecule has 1 unspecified atom stereocenters. The van der Waals surface area contributed by atoms with Gasteiger partial charge in [-0.3, -0.25) is 0 Å². The van der Waals surface area contributed by atoms with Gasteiger partial charge in [0.2, 0.25) is 0 Å². The van der Waals surface area contributed by atoms with Crippen LogP contribution in [0, 0.1) is 11.3 Å². The highest BCUT2D eigenvalue weighted by atomic mass is 28.4. The molecule has 0 saturated carbocycles. The SMILES string of the molecule is CC1=C(CCO[Si](C)(C)C(C)(C)C)C(C)(C)C(C=O)CC1. The summed E-state index contributed by atoms with van der Waals surface area (Å²) in [5.41, 5.74) is 2.91. The molecule has 3 heteroatoms. The molecule has 0 N–H and O–H groups in total. The molecule has 0 radical (unpaired) electrons. The first-order valence-corrected chi connectivity index (χ1v) is 11.1. The summed E-state index contributed by atoms with van der Waals surface area (Å²) in [4.78, 5) is 11.3. The van der Waals surface area contributed by atoms with Crippen molar-refractivity contribution in [1.82, 2.24) is 0 Å². The monoisotopic (exact) mass is 310 g/mol. The van der Waals surface area contributed by atoms with E-state index in [-0.39, 0.29) is 16.4 Å². The lowest BCUT2D eigenvalue weighted by Crippen LogP contribution is -2.41. The van der Waals surface area contributed by atoms with Crippen LogP contribution in [0.5, 0.6) is 0 Å². The fraction of sp³-hybridized carbons (Fsp3) is 0.833. The van der Waals surface area contributed by atoms with Crippen LogP contribution in [0.25, 0.3) is 0 Å². The van der Waals surface area contributed by atoms with Crippen molar-refractivity contribution in [1.29, 1.82) is 0 Å². The Morgan fingerprint density at radius 3 is 2.38 bits per heavy atom. The van der Waals surface area contributed by atoms with Crippen molar-refractivity contribution in [2.24, 2.45) is 11.3 Å². The van der Waals surface area contributed by atoms with Gasteiger partial charge in [-0.15, -0.1) is 0 Å². The molecule has 2 nitrogen and oxygen atoms in total. The smallest absolute Gasteiger partial charge is 0.191 e. The normalized spacial score (nSPS) is 23.3. The van der Waals surface area contributed by atoms with Gasteiger partial charge in [0.15, 0.2) is 8.32 Å². The van der Waals surface area contributed by atoms with Crippen molar-refractivity contribution in [2.45, 2.75) is 78.9 Å². The maximum atomic E-state index is 11.3. The topological polar surface area (TPSA) is 26.3 Å². The van der Waals surface area contributed by atoms with Gasteiger partial charge in [-0.1, -0.05) is 45.8 Å². The van der Waals surface area contributed by atoms with Crippen molar-refractivity contribution in [3.8, 4) is 0 Å². The van der Waals surface area contributed by atoms with Crippen molar-refractivity contribution < 1.29 is 9.22 Å². The Hall–Kier alpha value is -0.413. The Morgan fingerprint density at radius 2 is 1.90 bits per heavy atom. The van der Waals surface area contributed by atoms with Gasteiger partial charge in [0, 0.05) is 12.5 Å². The summed E-state index contributed by atoms with van der Waals surface area (Å²) < 4.78 is 6.32. The molecule has 0 heterocycles. The molecule has 122 valence electrons. The van der Waals surface area contributed by atoms with Crippen molar-refractivity contribution >= 4 is 14.6 Å². The molecular formula is C18H34O2Si. The van der Waals surface area contributed by atoms with E-state index in [4.69, 9.17) is 4.43 Å². The van der Waals surface area contributed by atoms with E-state index in [9.17, 15) is 4.79 Å². The fourth-order valence-electron chi connectivity index (χ4n) is 3.06. The van der Waals surface area contributed by atoms with E-state index in [1.807, 2.05) is 0 Å². The van der Waals surface area contributed by atoms with Crippen molar-refractivity contribution in [3.05, 3.63) is 11.1 Å². The second-order valence-electron chi connectivity index (χ2n) is 8.62. The average molecular weight is 311 g/mol. The van der Waals surface area contributed by atoms with Crippen LogP contribution in [0.2, 0.25) is 18.1 Å². The quantitative estimate of drug-likeness (QED) is 0.389. The molecule has 0 saturated heterocycles. The molecule has 0 aliphatic heterocycles. The zero-order valence-corrected chi connectivity index (χ0v) is 16.3. The van der Waals surface area contributed by atoms with Crippen LogP contribution in [0.15, 0.2) is 11.1 Å². The van der Waals surface area contributed by atoms with E-state index in [0.29, 0.717) is 0 Å². The van der Waals surface area contributed by atoms with Crippen LogP contribution in [0.4, 0.5) is 0 Å². The zero-order chi connectivity index (χ0) is 16.5. The summed E-state index contributed by atoms with van der Waals surface area (Å²) in [7, 11) is -1.68. The Kier molecular flexibility index (Phi) is 5.65. The second-order valence-corrected chi connectivity index (χ2v) is 13.4. The molecular weight excluding hydrogens is 276 g/mol. The molecule has 1 aliphatic rings. The van der Waals surface area contributed by atoms with E-state index in [0.717, 1.165) is 32.2 Å². The Labute approximate surface area is 132 Å². The first-order chi connectivity index (χ1) is 9.43. The molecule has 0 aromatic heterocycles. The molecule has 0 amide bonds. The van der Waals surface area contributed by atoms with Crippen molar-refractivity contribution in [3.63, 3.8) is 0 Å². The molecule has 1 aliphatic carbocycles. The molecule has 0 bridgehead atoms. The van der Waals surface area contributed by atoms with Gasteiger partial charge in [-0.2, -0.15) is 0 Å². The van der Waals surface area contributed by atoms with Crippen molar-refractivity contribution in [2.75, 3.05) is 6.61 Å². The zero-order valence-electron chi connectivity index (χ0n) is 15.3. The number of carbonyl (C=O) groups excluding carboxylic acids is 1. The third-order valence-corrected chi connectivity index (χ3v) is 10.4. The van der Waals surface area contributed by atoms with E-state index < -0.39 is 8.32 Å². The van der Waals surface area contributed by atoms with Gasteiger partial charge in [-0.25, -0.2) is 0 Å². The number of aldehydes is 1. The highest BCUT2D eigenvalue weighted by molar-refractivity contribution is 6.74. The summed E-state index contributed by atoms with van der Waals surface area (Å²) in [5.74, 6) is 0.157. The largest absolute Gasteiger partial charge is 0.417 e. The number of hydrogen-bond acceptors (Lipinski definition) is 2. The summed E-state index contributed by atoms with van der Waals surface area (Å²) in [6.07, 6.45) is 4.17. The molecule has 1 rings (SSSR count). The van der Waals surface area contributed by atoms with E-state index >= 15 is 0 Å². The van der Waals surface area contributed by atoms with Crippen LogP contribution in [-0.2, 0) is 9.22 Å². The third-order valence-electron chi connectivity index (χ3n) is 5.84. The van der Waals surface area contributed by atoms with Gasteiger partial charge in [0.1, 0.15) is 6.29 Å². The lowest BCUT2D eigenvalue weighted by Gasteiger charge is -2.41. The maximum absolute atomic E-state index is 11.3. The summed E-state index contributed by atoms with van der Waals surface area (Å²) in [6, 6.07) is 0. The highest BCUT2D eigenvalue weighted by Crippen LogP contribution is 2.45. The lowest BCUT2D eigenvalue weighted by atomic mass is 9.65. The minimum absolute atomic E-state index is 0.0130. The standard InChI is InChI=1S/C18H34O2Si/c1-14-9-10-15(13-19)18(5,6)16(14)11-12-20-21(7,8)17(2,3)4/h13,15H,9-12H2,1-8H3. The minimum Gasteiger partial charge on any atom is -0.417 e. The Morgan fingerprint density at radius 1 is 1.33 bits per heavy atom. The maximum Gasteiger partial charge on any atom is 0.191 e. The van der Waals surface area contributed by atoms with Gasteiger partial charge in [0.05, 0.1) is 0 Å². The van der Waals surface area contributed by atoms with Gasteiger partial charge < -0.3 is 9.22 Å². The summed E-state index contributed by atoms with van der Waals surface area (Å²) in [5, 5.41) is 0.254. The van der Waals surface area contributed by atoms with Gasteiger partial charge in [0.25, 0.3) is 0 Å². The predicted octanol–water partition coefficient (Wildman–Crippen LogP) is 5.35. The molecule has 1 atom stereocenters. The molecule has 0 aromatic carbocycles. The minimum atomic E-state index is -1.68. The summed E-state index contributed by atoms with van der Waals surface area (Å²) >= 11 is 0. The van der Waals surface area contributed by atoms with Crippen LogP contribution >= 0.6 is 0 Å². The number of carbonyl (C=O) groups is 1. The van der Waals surface area contributed by atoms with Gasteiger partial charge in [-0.05, 0) is 49.7 Å². The van der Waals surface area contributed by atoms with Crippen LogP contribution in [-0.4, -0.2) is 21.2 Å². The van der Waals surface area contributed by atoms with E-state index in [1.165, 1.54) is 11.1 Å². The second kappa shape index (κ2) is 6.37. The molecule has 0 aromatic rings. The van der Waals surface area contributed by atoms with Crippen LogP contribution in [0.1, 0.15) is 60.8 Å². The number of rotatable bonds is 5. The Balaban J connectivity index is 2.76. The fourth-order valence-corrected chi connectivity index (χ4v) is 4.10. The average Bonchev–Trinajstić information content (AvgIpc) is 2.31. The Bertz CT molecular complexity index is 413. The molecule has 0 spiro atoms. The van der Waals surface area contributed by atoms with E-state index in [1.54, 1.807) is 0 Å². The molecule has 21 heavy (non-hydrogen) atoms. The van der Waals surface area contributed by atoms with Gasteiger partial charge >= 0.3 is 0 Å². The van der Waals surface area contributed by atoms with E-state index in [2.05, 4.69) is 54.6 Å². The first kappa shape index (κ1) is 18.6.